The van der Waals surface area contributed by atoms with Crippen LogP contribution in [0.25, 0.3) is 10.4 Å². The van der Waals surface area contributed by atoms with E-state index in [0.717, 1.165) is 5.56 Å². The van der Waals surface area contributed by atoms with Gasteiger partial charge in [-0.15, -0.1) is 11.3 Å². The van der Waals surface area contributed by atoms with Gasteiger partial charge < -0.3 is 10.8 Å². The molecular formula is C12H12N2O2S. The van der Waals surface area contributed by atoms with Crippen LogP contribution in [0.4, 0.5) is 0 Å². The standard InChI is InChI=1S/C12H12N2O2S/c1-7(13)11-14-9(12(15)16)10(17-11)8-5-3-2-4-6-8/h2-7H,13H2,1H3,(H,15,16). The quantitative estimate of drug-likeness (QED) is 0.875. The van der Waals surface area contributed by atoms with E-state index in [1.165, 1.54) is 11.3 Å². The number of rotatable bonds is 3. The molecule has 0 saturated carbocycles. The van der Waals surface area contributed by atoms with Crippen molar-refractivity contribution in [3.8, 4) is 10.4 Å². The van der Waals surface area contributed by atoms with E-state index < -0.39 is 5.97 Å². The van der Waals surface area contributed by atoms with Crippen molar-refractivity contribution in [1.82, 2.24) is 4.98 Å². The summed E-state index contributed by atoms with van der Waals surface area (Å²) in [5, 5.41) is 9.77. The van der Waals surface area contributed by atoms with Gasteiger partial charge in [0.05, 0.1) is 10.9 Å². The van der Waals surface area contributed by atoms with E-state index in [-0.39, 0.29) is 11.7 Å². The van der Waals surface area contributed by atoms with Gasteiger partial charge in [0.25, 0.3) is 0 Å². The third-order valence-electron chi connectivity index (χ3n) is 2.27. The molecule has 5 heteroatoms. The Morgan fingerprint density at radius 3 is 2.59 bits per heavy atom. The molecule has 1 atom stereocenters. The zero-order valence-electron chi connectivity index (χ0n) is 9.25. The maximum atomic E-state index is 11.1. The number of carboxylic acid groups (broad SMARTS) is 1. The van der Waals surface area contributed by atoms with Crippen LogP contribution in [0.5, 0.6) is 0 Å². The second kappa shape index (κ2) is 4.65. The smallest absolute Gasteiger partial charge is 0.356 e. The summed E-state index contributed by atoms with van der Waals surface area (Å²) in [5.41, 5.74) is 6.66. The third kappa shape index (κ3) is 2.35. The second-order valence-electron chi connectivity index (χ2n) is 3.69. The SMILES string of the molecule is CC(N)c1nc(C(=O)O)c(-c2ccccc2)s1. The van der Waals surface area contributed by atoms with Gasteiger partial charge in [-0.3, -0.25) is 0 Å². The Morgan fingerprint density at radius 2 is 2.06 bits per heavy atom. The van der Waals surface area contributed by atoms with Crippen LogP contribution in [0.1, 0.15) is 28.5 Å². The Labute approximate surface area is 103 Å². The minimum Gasteiger partial charge on any atom is -0.476 e. The maximum absolute atomic E-state index is 11.1. The summed E-state index contributed by atoms with van der Waals surface area (Å²) < 4.78 is 0. The Kier molecular flexibility index (Phi) is 3.21. The average Bonchev–Trinajstić information content (AvgIpc) is 2.75. The molecule has 2 aromatic rings. The highest BCUT2D eigenvalue weighted by atomic mass is 32.1. The molecule has 2 rings (SSSR count). The fourth-order valence-corrected chi connectivity index (χ4v) is 2.48. The Bertz CT molecular complexity index is 535. The molecule has 88 valence electrons. The molecule has 0 spiro atoms. The fourth-order valence-electron chi connectivity index (χ4n) is 1.46. The number of nitrogens with two attached hydrogens (primary N) is 1. The summed E-state index contributed by atoms with van der Waals surface area (Å²) in [4.78, 5) is 15.9. The fraction of sp³-hybridized carbons (Fsp3) is 0.167. The normalized spacial score (nSPS) is 12.4. The number of hydrogen-bond donors (Lipinski definition) is 2. The number of aromatic carboxylic acids is 1. The number of nitrogens with zero attached hydrogens (tertiary/aromatic N) is 1. The van der Waals surface area contributed by atoms with Crippen molar-refractivity contribution in [3.63, 3.8) is 0 Å². The van der Waals surface area contributed by atoms with Gasteiger partial charge in [-0.1, -0.05) is 30.3 Å². The summed E-state index contributed by atoms with van der Waals surface area (Å²) >= 11 is 1.33. The molecule has 0 aliphatic carbocycles. The van der Waals surface area contributed by atoms with Crippen molar-refractivity contribution in [2.24, 2.45) is 5.73 Å². The van der Waals surface area contributed by atoms with Crippen LogP contribution >= 0.6 is 11.3 Å². The van der Waals surface area contributed by atoms with Crippen molar-refractivity contribution >= 4 is 17.3 Å². The minimum atomic E-state index is -1.02. The van der Waals surface area contributed by atoms with Gasteiger partial charge in [-0.25, -0.2) is 9.78 Å². The Hall–Kier alpha value is -1.72. The van der Waals surface area contributed by atoms with Crippen molar-refractivity contribution in [1.29, 1.82) is 0 Å². The van der Waals surface area contributed by atoms with E-state index in [0.29, 0.717) is 9.88 Å². The number of hydrogen-bond acceptors (Lipinski definition) is 4. The molecule has 1 aromatic heterocycles. The highest BCUT2D eigenvalue weighted by Crippen LogP contribution is 2.32. The van der Waals surface area contributed by atoms with Crippen molar-refractivity contribution in [2.45, 2.75) is 13.0 Å². The third-order valence-corrected chi connectivity index (χ3v) is 3.58. The van der Waals surface area contributed by atoms with Gasteiger partial charge in [0, 0.05) is 0 Å². The molecule has 0 aliphatic rings. The molecule has 0 bridgehead atoms. The Balaban J connectivity index is 2.56. The average molecular weight is 248 g/mol. The summed E-state index contributed by atoms with van der Waals surface area (Å²) in [6.45, 7) is 1.79. The summed E-state index contributed by atoms with van der Waals surface area (Å²) in [5.74, 6) is -1.02. The van der Waals surface area contributed by atoms with Crippen molar-refractivity contribution in [2.75, 3.05) is 0 Å². The predicted molar refractivity (Wildman–Crippen MR) is 67.1 cm³/mol. The molecule has 1 heterocycles. The van der Waals surface area contributed by atoms with E-state index >= 15 is 0 Å². The number of benzene rings is 1. The number of thiazole rings is 1. The van der Waals surface area contributed by atoms with Gasteiger partial charge in [-0.05, 0) is 12.5 Å². The topological polar surface area (TPSA) is 76.2 Å². The highest BCUT2D eigenvalue weighted by molar-refractivity contribution is 7.15. The highest BCUT2D eigenvalue weighted by Gasteiger charge is 2.19. The summed E-state index contributed by atoms with van der Waals surface area (Å²) in [7, 11) is 0. The van der Waals surface area contributed by atoms with Crippen LogP contribution in [0.3, 0.4) is 0 Å². The van der Waals surface area contributed by atoms with Crippen LogP contribution < -0.4 is 5.73 Å². The lowest BCUT2D eigenvalue weighted by atomic mass is 10.1. The lowest BCUT2D eigenvalue weighted by Gasteiger charge is -1.97. The summed E-state index contributed by atoms with van der Waals surface area (Å²) in [6.07, 6.45) is 0. The van der Waals surface area contributed by atoms with Crippen LogP contribution in [0.2, 0.25) is 0 Å². The van der Waals surface area contributed by atoms with Gasteiger partial charge >= 0.3 is 5.97 Å². The monoisotopic (exact) mass is 248 g/mol. The maximum Gasteiger partial charge on any atom is 0.356 e. The number of aromatic nitrogens is 1. The van der Waals surface area contributed by atoms with Gasteiger partial charge in [0.2, 0.25) is 0 Å². The molecule has 17 heavy (non-hydrogen) atoms. The molecule has 0 saturated heterocycles. The zero-order chi connectivity index (χ0) is 12.4. The molecule has 1 unspecified atom stereocenters. The lowest BCUT2D eigenvalue weighted by molar-refractivity contribution is 0.0692. The van der Waals surface area contributed by atoms with Crippen molar-refractivity contribution < 1.29 is 9.90 Å². The van der Waals surface area contributed by atoms with Gasteiger partial charge in [0.1, 0.15) is 5.01 Å². The van der Waals surface area contributed by atoms with E-state index in [2.05, 4.69) is 4.98 Å². The van der Waals surface area contributed by atoms with E-state index in [4.69, 9.17) is 10.8 Å². The lowest BCUT2D eigenvalue weighted by Crippen LogP contribution is -2.05. The van der Waals surface area contributed by atoms with Gasteiger partial charge in [-0.2, -0.15) is 0 Å². The first-order valence-corrected chi connectivity index (χ1v) is 5.96. The minimum absolute atomic E-state index is 0.0773. The summed E-state index contributed by atoms with van der Waals surface area (Å²) in [6, 6.07) is 9.10. The molecule has 0 fully saturated rings. The first kappa shape index (κ1) is 11.8. The first-order chi connectivity index (χ1) is 8.09. The molecule has 0 radical (unpaired) electrons. The zero-order valence-corrected chi connectivity index (χ0v) is 10.1. The van der Waals surface area contributed by atoms with E-state index in [1.807, 2.05) is 30.3 Å². The van der Waals surface area contributed by atoms with Crippen LogP contribution in [0.15, 0.2) is 30.3 Å². The van der Waals surface area contributed by atoms with Crippen molar-refractivity contribution in [3.05, 3.63) is 41.0 Å². The Morgan fingerprint density at radius 1 is 1.41 bits per heavy atom. The molecule has 0 amide bonds. The molecule has 0 aliphatic heterocycles. The van der Waals surface area contributed by atoms with Crippen LogP contribution in [0, 0.1) is 0 Å². The van der Waals surface area contributed by atoms with Gasteiger partial charge in [0.15, 0.2) is 5.69 Å². The second-order valence-corrected chi connectivity index (χ2v) is 4.72. The molecule has 4 nitrogen and oxygen atoms in total. The number of carboxylic acids is 1. The first-order valence-electron chi connectivity index (χ1n) is 5.14. The van der Waals surface area contributed by atoms with E-state index in [1.54, 1.807) is 6.92 Å². The van der Waals surface area contributed by atoms with E-state index in [9.17, 15) is 4.79 Å². The molecular weight excluding hydrogens is 236 g/mol. The van der Waals surface area contributed by atoms with Crippen LogP contribution in [-0.4, -0.2) is 16.1 Å². The molecule has 3 N–H and O–H groups in total. The largest absolute Gasteiger partial charge is 0.476 e. The van der Waals surface area contributed by atoms with Crippen LogP contribution in [-0.2, 0) is 0 Å². The predicted octanol–water partition coefficient (Wildman–Crippen LogP) is 2.53. The molecule has 1 aromatic carbocycles. The number of carbonyl (C=O) groups is 1.